The van der Waals surface area contributed by atoms with Gasteiger partial charge in [-0.15, -0.1) is 0 Å². The van der Waals surface area contributed by atoms with E-state index >= 15 is 0 Å². The van der Waals surface area contributed by atoms with Crippen molar-refractivity contribution in [1.29, 1.82) is 5.26 Å². The van der Waals surface area contributed by atoms with E-state index in [2.05, 4.69) is 24.6 Å². The number of hydrogen-bond donors (Lipinski definition) is 1. The van der Waals surface area contributed by atoms with Gasteiger partial charge in [0.25, 0.3) is 0 Å². The number of rotatable bonds is 6. The summed E-state index contributed by atoms with van der Waals surface area (Å²) in [7, 11) is 0. The van der Waals surface area contributed by atoms with Crippen molar-refractivity contribution in [3.63, 3.8) is 0 Å². The molecule has 0 heterocycles. The van der Waals surface area contributed by atoms with Gasteiger partial charge in [-0.25, -0.2) is 0 Å². The molecule has 0 spiro atoms. The van der Waals surface area contributed by atoms with Crippen LogP contribution < -0.4 is 5.32 Å². The summed E-state index contributed by atoms with van der Waals surface area (Å²) in [6.45, 7) is 4.22. The zero-order chi connectivity index (χ0) is 8.53. The SMILES string of the molecule is CSC(C)CNCCCC#N. The van der Waals surface area contributed by atoms with E-state index in [0.29, 0.717) is 11.7 Å². The first-order chi connectivity index (χ1) is 5.31. The van der Waals surface area contributed by atoms with Gasteiger partial charge in [0.15, 0.2) is 0 Å². The van der Waals surface area contributed by atoms with Gasteiger partial charge in [0, 0.05) is 18.2 Å². The Kier molecular flexibility index (Phi) is 7.76. The summed E-state index contributed by atoms with van der Waals surface area (Å²) < 4.78 is 0. The average Bonchev–Trinajstić information content (AvgIpc) is 2.04. The Balaban J connectivity index is 2.97. The van der Waals surface area contributed by atoms with Crippen molar-refractivity contribution in [3.8, 4) is 6.07 Å². The van der Waals surface area contributed by atoms with Crippen molar-refractivity contribution in [2.24, 2.45) is 0 Å². The topological polar surface area (TPSA) is 35.8 Å². The predicted molar refractivity (Wildman–Crippen MR) is 50.7 cm³/mol. The van der Waals surface area contributed by atoms with E-state index in [1.54, 1.807) is 0 Å². The molecule has 0 aromatic rings. The maximum atomic E-state index is 8.24. The molecule has 0 radical (unpaired) electrons. The highest BCUT2D eigenvalue weighted by Crippen LogP contribution is 2.02. The van der Waals surface area contributed by atoms with Crippen LogP contribution in [0.5, 0.6) is 0 Å². The van der Waals surface area contributed by atoms with Crippen LogP contribution in [-0.2, 0) is 0 Å². The van der Waals surface area contributed by atoms with Crippen LogP contribution in [0.15, 0.2) is 0 Å². The van der Waals surface area contributed by atoms with Crippen molar-refractivity contribution >= 4 is 11.8 Å². The summed E-state index contributed by atoms with van der Waals surface area (Å²) in [5.74, 6) is 0. The minimum atomic E-state index is 0.667. The molecule has 0 aromatic heterocycles. The van der Waals surface area contributed by atoms with Gasteiger partial charge in [0.1, 0.15) is 0 Å². The summed E-state index contributed by atoms with van der Waals surface area (Å²) in [5, 5.41) is 12.2. The molecule has 0 aliphatic carbocycles. The molecule has 3 heteroatoms. The molecule has 0 fully saturated rings. The van der Waals surface area contributed by atoms with Crippen LogP contribution in [0.2, 0.25) is 0 Å². The van der Waals surface area contributed by atoms with E-state index in [1.165, 1.54) is 0 Å². The van der Waals surface area contributed by atoms with E-state index < -0.39 is 0 Å². The molecular formula is C8H16N2S. The van der Waals surface area contributed by atoms with Crippen molar-refractivity contribution in [2.45, 2.75) is 25.0 Å². The zero-order valence-corrected chi connectivity index (χ0v) is 8.08. The Morgan fingerprint density at radius 3 is 2.91 bits per heavy atom. The molecule has 2 nitrogen and oxygen atoms in total. The summed E-state index contributed by atoms with van der Waals surface area (Å²) in [4.78, 5) is 0. The average molecular weight is 172 g/mol. The van der Waals surface area contributed by atoms with E-state index in [9.17, 15) is 0 Å². The van der Waals surface area contributed by atoms with E-state index in [1.807, 2.05) is 11.8 Å². The fourth-order valence-corrected chi connectivity index (χ4v) is 0.966. The van der Waals surface area contributed by atoms with Gasteiger partial charge in [-0.05, 0) is 19.2 Å². The van der Waals surface area contributed by atoms with Gasteiger partial charge in [-0.1, -0.05) is 6.92 Å². The Morgan fingerprint density at radius 1 is 1.64 bits per heavy atom. The summed E-state index contributed by atoms with van der Waals surface area (Å²) in [6.07, 6.45) is 3.75. The quantitative estimate of drug-likeness (QED) is 0.619. The lowest BCUT2D eigenvalue weighted by molar-refractivity contribution is 0.653. The van der Waals surface area contributed by atoms with Gasteiger partial charge in [-0.2, -0.15) is 17.0 Å². The van der Waals surface area contributed by atoms with Crippen molar-refractivity contribution < 1.29 is 0 Å². The Bertz CT molecular complexity index is 120. The van der Waals surface area contributed by atoms with Crippen LogP contribution in [0.25, 0.3) is 0 Å². The molecule has 0 saturated carbocycles. The van der Waals surface area contributed by atoms with Crippen LogP contribution in [0.1, 0.15) is 19.8 Å². The predicted octanol–water partition coefficient (Wildman–Crippen LogP) is 1.63. The van der Waals surface area contributed by atoms with Crippen LogP contribution >= 0.6 is 11.8 Å². The Labute approximate surface area is 73.4 Å². The van der Waals surface area contributed by atoms with Crippen LogP contribution in [-0.4, -0.2) is 24.6 Å². The first-order valence-corrected chi connectivity index (χ1v) is 5.20. The fourth-order valence-electron chi connectivity index (χ4n) is 0.681. The minimum Gasteiger partial charge on any atom is -0.316 e. The van der Waals surface area contributed by atoms with E-state index in [0.717, 1.165) is 19.5 Å². The molecule has 0 saturated heterocycles. The fraction of sp³-hybridized carbons (Fsp3) is 0.875. The largest absolute Gasteiger partial charge is 0.316 e. The lowest BCUT2D eigenvalue weighted by Gasteiger charge is -2.08. The number of thioether (sulfide) groups is 1. The monoisotopic (exact) mass is 172 g/mol. The highest BCUT2D eigenvalue weighted by Gasteiger charge is 1.96. The second kappa shape index (κ2) is 7.90. The van der Waals surface area contributed by atoms with Gasteiger partial charge in [0.2, 0.25) is 0 Å². The number of nitrogens with one attached hydrogen (secondary N) is 1. The van der Waals surface area contributed by atoms with Gasteiger partial charge in [-0.3, -0.25) is 0 Å². The molecule has 0 aliphatic heterocycles. The molecule has 1 unspecified atom stereocenters. The smallest absolute Gasteiger partial charge is 0.0622 e. The normalized spacial score (nSPS) is 12.5. The molecule has 64 valence electrons. The second-order valence-electron chi connectivity index (χ2n) is 2.51. The maximum absolute atomic E-state index is 8.24. The lowest BCUT2D eigenvalue weighted by atomic mass is 10.3. The third kappa shape index (κ3) is 7.70. The summed E-state index contributed by atoms with van der Waals surface area (Å²) in [6, 6.07) is 2.12. The van der Waals surface area contributed by atoms with Crippen molar-refractivity contribution in [1.82, 2.24) is 5.32 Å². The van der Waals surface area contributed by atoms with Gasteiger partial charge >= 0.3 is 0 Å². The number of nitriles is 1. The van der Waals surface area contributed by atoms with Crippen LogP contribution in [0, 0.1) is 11.3 Å². The number of hydrogen-bond acceptors (Lipinski definition) is 3. The molecule has 1 N–H and O–H groups in total. The number of unbranched alkanes of at least 4 members (excludes halogenated alkanes) is 1. The minimum absolute atomic E-state index is 0.667. The number of nitrogens with zero attached hydrogens (tertiary/aromatic N) is 1. The molecular weight excluding hydrogens is 156 g/mol. The zero-order valence-electron chi connectivity index (χ0n) is 7.26. The van der Waals surface area contributed by atoms with Crippen LogP contribution in [0.4, 0.5) is 0 Å². The first kappa shape index (κ1) is 10.8. The molecule has 11 heavy (non-hydrogen) atoms. The second-order valence-corrected chi connectivity index (χ2v) is 3.79. The standard InChI is InChI=1S/C8H16N2S/c1-8(11-2)7-10-6-4-3-5-9/h8,10H,3-4,6-7H2,1-2H3. The molecule has 0 bridgehead atoms. The Hall–Kier alpha value is -0.200. The highest BCUT2D eigenvalue weighted by atomic mass is 32.2. The van der Waals surface area contributed by atoms with Crippen molar-refractivity contribution in [2.75, 3.05) is 19.3 Å². The van der Waals surface area contributed by atoms with E-state index in [-0.39, 0.29) is 0 Å². The Morgan fingerprint density at radius 2 is 2.36 bits per heavy atom. The van der Waals surface area contributed by atoms with Crippen molar-refractivity contribution in [3.05, 3.63) is 0 Å². The summed E-state index contributed by atoms with van der Waals surface area (Å²) in [5.41, 5.74) is 0. The molecule has 0 aromatic carbocycles. The third-order valence-corrected chi connectivity index (χ3v) is 2.45. The molecule has 0 aliphatic rings. The first-order valence-electron chi connectivity index (χ1n) is 3.91. The summed E-state index contributed by atoms with van der Waals surface area (Å²) >= 11 is 1.86. The van der Waals surface area contributed by atoms with Gasteiger partial charge < -0.3 is 5.32 Å². The maximum Gasteiger partial charge on any atom is 0.0622 e. The van der Waals surface area contributed by atoms with Gasteiger partial charge in [0.05, 0.1) is 6.07 Å². The molecule has 1 atom stereocenters. The molecule has 0 rings (SSSR count). The van der Waals surface area contributed by atoms with E-state index in [4.69, 9.17) is 5.26 Å². The highest BCUT2D eigenvalue weighted by molar-refractivity contribution is 7.99. The molecule has 0 amide bonds. The van der Waals surface area contributed by atoms with Crippen LogP contribution in [0.3, 0.4) is 0 Å². The lowest BCUT2D eigenvalue weighted by Crippen LogP contribution is -2.23. The third-order valence-electron chi connectivity index (χ3n) is 1.48.